The number of benzene rings is 1. The van der Waals surface area contributed by atoms with Crippen LogP contribution in [-0.2, 0) is 4.84 Å². The van der Waals surface area contributed by atoms with Gasteiger partial charge in [-0.05, 0) is 44.1 Å². The van der Waals surface area contributed by atoms with Crippen LogP contribution in [0, 0.1) is 11.7 Å². The van der Waals surface area contributed by atoms with E-state index in [9.17, 15) is 4.39 Å². The van der Waals surface area contributed by atoms with Crippen LogP contribution in [0.25, 0.3) is 11.0 Å². The first-order valence-corrected chi connectivity index (χ1v) is 7.68. The van der Waals surface area contributed by atoms with Crippen LogP contribution in [-0.4, -0.2) is 36.1 Å². The topological polar surface area (TPSA) is 50.0 Å². The highest BCUT2D eigenvalue weighted by molar-refractivity contribution is 6.00. The summed E-state index contributed by atoms with van der Waals surface area (Å²) in [7, 11) is 0. The van der Waals surface area contributed by atoms with Crippen LogP contribution in [0.5, 0.6) is 0 Å². The van der Waals surface area contributed by atoms with E-state index in [1.807, 2.05) is 0 Å². The third kappa shape index (κ3) is 1.68. The Morgan fingerprint density at radius 1 is 1.32 bits per heavy atom. The fraction of sp³-hybridized carbons (Fsp3) is 0.438. The van der Waals surface area contributed by atoms with Crippen molar-refractivity contribution >= 4 is 16.8 Å². The van der Waals surface area contributed by atoms with Gasteiger partial charge in [0.15, 0.2) is 11.6 Å². The molecule has 5 nitrogen and oxygen atoms in total. The van der Waals surface area contributed by atoms with Crippen molar-refractivity contribution in [2.75, 3.05) is 19.6 Å². The smallest absolute Gasteiger partial charge is 0.203 e. The number of halogens is 1. The molecule has 0 saturated carbocycles. The Hall–Kier alpha value is -1.92. The zero-order valence-corrected chi connectivity index (χ0v) is 12.0. The van der Waals surface area contributed by atoms with Gasteiger partial charge in [-0.2, -0.15) is 0 Å². The lowest BCUT2D eigenvalue weighted by Crippen LogP contribution is -2.58. The summed E-state index contributed by atoms with van der Waals surface area (Å²) >= 11 is 0. The maximum Gasteiger partial charge on any atom is 0.203 e. The van der Waals surface area contributed by atoms with Crippen molar-refractivity contribution in [3.8, 4) is 0 Å². The Bertz CT molecular complexity index is 779. The SMILES string of the molecule is Fc1cccc2oc(C3=NC4(CN5CCC4CC5)ON3)cc12. The number of hydrogen-bond acceptors (Lipinski definition) is 5. The number of amidine groups is 1. The molecule has 1 aromatic heterocycles. The third-order valence-electron chi connectivity index (χ3n) is 5.04. The van der Waals surface area contributed by atoms with E-state index in [4.69, 9.17) is 14.2 Å². The predicted molar refractivity (Wildman–Crippen MR) is 78.8 cm³/mol. The zero-order chi connectivity index (χ0) is 14.7. The molecule has 6 heteroatoms. The molecule has 0 radical (unpaired) electrons. The van der Waals surface area contributed by atoms with E-state index in [-0.39, 0.29) is 5.82 Å². The van der Waals surface area contributed by atoms with Crippen LogP contribution in [0.2, 0.25) is 0 Å². The molecule has 1 atom stereocenters. The van der Waals surface area contributed by atoms with Gasteiger partial charge >= 0.3 is 0 Å². The van der Waals surface area contributed by atoms with Crippen molar-refractivity contribution in [1.82, 2.24) is 10.4 Å². The summed E-state index contributed by atoms with van der Waals surface area (Å²) in [4.78, 5) is 13.0. The number of rotatable bonds is 1. The van der Waals surface area contributed by atoms with E-state index in [0.29, 0.717) is 28.5 Å². The Balaban J connectivity index is 1.55. The highest BCUT2D eigenvalue weighted by atomic mass is 19.1. The van der Waals surface area contributed by atoms with Crippen LogP contribution in [0.15, 0.2) is 33.7 Å². The van der Waals surface area contributed by atoms with Gasteiger partial charge in [-0.3, -0.25) is 4.90 Å². The number of fused-ring (bicyclic) bond motifs is 3. The Labute approximate surface area is 126 Å². The first kappa shape index (κ1) is 12.6. The first-order valence-electron chi connectivity index (χ1n) is 7.68. The summed E-state index contributed by atoms with van der Waals surface area (Å²) in [5.41, 5.74) is 2.92. The summed E-state index contributed by atoms with van der Waals surface area (Å²) in [6.45, 7) is 3.05. The lowest BCUT2D eigenvalue weighted by molar-refractivity contribution is -0.155. The molecule has 1 unspecified atom stereocenters. The highest BCUT2D eigenvalue weighted by Crippen LogP contribution is 2.41. The molecule has 2 aromatic rings. The lowest BCUT2D eigenvalue weighted by Gasteiger charge is -2.47. The van der Waals surface area contributed by atoms with Gasteiger partial charge < -0.3 is 4.42 Å². The van der Waals surface area contributed by atoms with Gasteiger partial charge in [-0.15, -0.1) is 0 Å². The van der Waals surface area contributed by atoms with E-state index < -0.39 is 5.72 Å². The fourth-order valence-corrected chi connectivity index (χ4v) is 3.85. The van der Waals surface area contributed by atoms with Gasteiger partial charge in [0.25, 0.3) is 0 Å². The lowest BCUT2D eigenvalue weighted by atomic mass is 9.81. The number of aliphatic imine (C=N–C) groups is 1. The molecular weight excluding hydrogens is 285 g/mol. The first-order chi connectivity index (χ1) is 10.7. The quantitative estimate of drug-likeness (QED) is 0.878. The summed E-state index contributed by atoms with van der Waals surface area (Å²) in [5, 5.41) is 0.469. The van der Waals surface area contributed by atoms with Crippen molar-refractivity contribution < 1.29 is 13.6 Å². The van der Waals surface area contributed by atoms with Crippen LogP contribution in [0.4, 0.5) is 4.39 Å². The van der Waals surface area contributed by atoms with Gasteiger partial charge in [0.1, 0.15) is 11.4 Å². The number of nitrogens with zero attached hydrogens (tertiary/aromatic N) is 2. The molecular formula is C16H16FN3O2. The average Bonchev–Trinajstić information content (AvgIpc) is 3.14. The second-order valence-electron chi connectivity index (χ2n) is 6.32. The number of furan rings is 1. The van der Waals surface area contributed by atoms with Gasteiger partial charge in [-0.1, -0.05) is 6.07 Å². The van der Waals surface area contributed by atoms with Gasteiger partial charge in [0.2, 0.25) is 5.72 Å². The van der Waals surface area contributed by atoms with Crippen molar-refractivity contribution in [2.45, 2.75) is 18.6 Å². The number of nitrogens with one attached hydrogen (secondary N) is 1. The minimum atomic E-state index is -0.511. The molecule has 1 spiro atoms. The van der Waals surface area contributed by atoms with Crippen LogP contribution < -0.4 is 5.48 Å². The van der Waals surface area contributed by atoms with E-state index >= 15 is 0 Å². The second kappa shape index (κ2) is 4.30. The van der Waals surface area contributed by atoms with E-state index in [0.717, 1.165) is 32.5 Å². The maximum atomic E-state index is 13.8. The molecule has 3 fully saturated rings. The minimum absolute atomic E-state index is 0.287. The van der Waals surface area contributed by atoms with E-state index in [1.54, 1.807) is 18.2 Å². The third-order valence-corrected chi connectivity index (χ3v) is 5.04. The largest absolute Gasteiger partial charge is 0.453 e. The van der Waals surface area contributed by atoms with E-state index in [1.165, 1.54) is 6.07 Å². The highest BCUT2D eigenvalue weighted by Gasteiger charge is 2.51. The van der Waals surface area contributed by atoms with Gasteiger partial charge in [0, 0.05) is 5.92 Å². The molecule has 1 aromatic carbocycles. The summed E-state index contributed by atoms with van der Waals surface area (Å²) in [6, 6.07) is 6.50. The Morgan fingerprint density at radius 3 is 2.91 bits per heavy atom. The second-order valence-corrected chi connectivity index (χ2v) is 6.32. The van der Waals surface area contributed by atoms with Crippen LogP contribution in [0.3, 0.4) is 0 Å². The predicted octanol–water partition coefficient (Wildman–Crippen LogP) is 2.28. The normalized spacial score (nSPS) is 33.4. The number of hydroxylamine groups is 1. The van der Waals surface area contributed by atoms with Crippen molar-refractivity contribution in [3.05, 3.63) is 35.8 Å². The average molecular weight is 301 g/mol. The molecule has 6 rings (SSSR count). The molecule has 0 aliphatic carbocycles. The van der Waals surface area contributed by atoms with E-state index in [2.05, 4.69) is 10.4 Å². The van der Waals surface area contributed by atoms with Crippen molar-refractivity contribution in [1.29, 1.82) is 0 Å². The van der Waals surface area contributed by atoms with Gasteiger partial charge in [0.05, 0.1) is 11.9 Å². The molecule has 114 valence electrons. The van der Waals surface area contributed by atoms with Crippen molar-refractivity contribution in [3.63, 3.8) is 0 Å². The molecule has 22 heavy (non-hydrogen) atoms. The van der Waals surface area contributed by atoms with Crippen LogP contribution >= 0.6 is 0 Å². The Morgan fingerprint density at radius 2 is 2.18 bits per heavy atom. The minimum Gasteiger partial charge on any atom is -0.453 e. The summed E-state index contributed by atoms with van der Waals surface area (Å²) in [6.07, 6.45) is 2.21. The standard InChI is InChI=1S/C16H16FN3O2/c17-12-2-1-3-13-11(12)8-14(21-13)15-18-16(22-19-15)9-20-6-4-10(16)5-7-20/h1-3,8,10H,4-7,9H2,(H,18,19). The monoisotopic (exact) mass is 301 g/mol. The molecule has 4 aliphatic rings. The number of hydrogen-bond donors (Lipinski definition) is 1. The fourth-order valence-electron chi connectivity index (χ4n) is 3.85. The van der Waals surface area contributed by atoms with Crippen molar-refractivity contribution in [2.24, 2.45) is 10.9 Å². The molecule has 4 aliphatic heterocycles. The summed E-state index contributed by atoms with van der Waals surface area (Å²) < 4.78 is 19.5. The molecule has 5 heterocycles. The maximum absolute atomic E-state index is 13.8. The number of piperidine rings is 3. The molecule has 3 saturated heterocycles. The Kier molecular flexibility index (Phi) is 2.46. The zero-order valence-electron chi connectivity index (χ0n) is 12.0. The molecule has 0 amide bonds. The molecule has 1 N–H and O–H groups in total. The summed E-state index contributed by atoms with van der Waals surface area (Å²) in [5.74, 6) is 1.23. The molecule has 2 bridgehead atoms. The van der Waals surface area contributed by atoms with Gasteiger partial charge in [-0.25, -0.2) is 19.7 Å². The van der Waals surface area contributed by atoms with Crippen LogP contribution in [0.1, 0.15) is 18.6 Å².